The summed E-state index contributed by atoms with van der Waals surface area (Å²) in [4.78, 5) is 2.33. The lowest BCUT2D eigenvalue weighted by atomic mass is 10.1. The van der Waals surface area contributed by atoms with Crippen LogP contribution in [0.4, 0.5) is 8.78 Å². The van der Waals surface area contributed by atoms with Gasteiger partial charge in [0.25, 0.3) is 0 Å². The van der Waals surface area contributed by atoms with Crippen molar-refractivity contribution in [2.75, 3.05) is 26.2 Å². The Bertz CT molecular complexity index is 503. The van der Waals surface area contributed by atoms with Crippen molar-refractivity contribution < 1.29 is 18.3 Å². The van der Waals surface area contributed by atoms with E-state index in [1.54, 1.807) is 6.07 Å². The molecule has 4 nitrogen and oxygen atoms in total. The average Bonchev–Trinajstić information content (AvgIpc) is 2.43. The van der Waals surface area contributed by atoms with Crippen molar-refractivity contribution in [1.29, 1.82) is 0 Å². The van der Waals surface area contributed by atoms with Crippen molar-refractivity contribution in [3.63, 3.8) is 0 Å². The zero-order valence-electron chi connectivity index (χ0n) is 12.7. The van der Waals surface area contributed by atoms with Crippen LogP contribution in [0, 0.1) is 0 Å². The Hall–Kier alpha value is -0.920. The highest BCUT2D eigenvalue weighted by molar-refractivity contribution is 9.10. The van der Waals surface area contributed by atoms with Gasteiger partial charge in [-0.05, 0) is 47.5 Å². The van der Waals surface area contributed by atoms with Crippen molar-refractivity contribution in [2.45, 2.75) is 33.0 Å². The van der Waals surface area contributed by atoms with Gasteiger partial charge in [-0.15, -0.1) is 0 Å². The fourth-order valence-corrected chi connectivity index (χ4v) is 3.18. The van der Waals surface area contributed by atoms with Gasteiger partial charge in [0.2, 0.25) is 0 Å². The van der Waals surface area contributed by atoms with Gasteiger partial charge >= 0.3 is 6.61 Å². The van der Waals surface area contributed by atoms with Gasteiger partial charge in [-0.3, -0.25) is 4.90 Å². The van der Waals surface area contributed by atoms with E-state index in [0.29, 0.717) is 22.9 Å². The van der Waals surface area contributed by atoms with Crippen LogP contribution >= 0.6 is 15.9 Å². The molecule has 0 aliphatic carbocycles. The highest BCUT2D eigenvalue weighted by Crippen LogP contribution is 2.38. The van der Waals surface area contributed by atoms with Crippen LogP contribution in [0.25, 0.3) is 0 Å². The lowest BCUT2D eigenvalue weighted by molar-refractivity contribution is -0.0519. The molecule has 0 spiro atoms. The first-order chi connectivity index (χ1) is 10.5. The molecular weight excluding hydrogens is 358 g/mol. The van der Waals surface area contributed by atoms with Gasteiger partial charge in [0.15, 0.2) is 11.5 Å². The van der Waals surface area contributed by atoms with E-state index in [1.807, 2.05) is 13.0 Å². The number of hydrogen-bond acceptors (Lipinski definition) is 4. The Balaban J connectivity index is 2.17. The molecule has 1 aliphatic heterocycles. The maximum Gasteiger partial charge on any atom is 0.387 e. The normalized spacial score (nSPS) is 19.5. The summed E-state index contributed by atoms with van der Waals surface area (Å²) in [5.41, 5.74) is 1.01. The van der Waals surface area contributed by atoms with E-state index in [9.17, 15) is 8.78 Å². The molecule has 2 rings (SSSR count). The number of rotatable bonds is 6. The van der Waals surface area contributed by atoms with E-state index >= 15 is 0 Å². The molecule has 0 saturated carbocycles. The fraction of sp³-hybridized carbons (Fsp3) is 0.600. The lowest BCUT2D eigenvalue weighted by Gasteiger charge is -2.32. The van der Waals surface area contributed by atoms with Crippen LogP contribution in [0.15, 0.2) is 16.6 Å². The van der Waals surface area contributed by atoms with Crippen LogP contribution < -0.4 is 14.8 Å². The van der Waals surface area contributed by atoms with Gasteiger partial charge in [-0.25, -0.2) is 0 Å². The second-order valence-corrected chi connectivity index (χ2v) is 6.16. The van der Waals surface area contributed by atoms with Gasteiger partial charge in [-0.1, -0.05) is 0 Å². The third-order valence-corrected chi connectivity index (χ3v) is 4.02. The number of halogens is 3. The summed E-state index contributed by atoms with van der Waals surface area (Å²) in [5.74, 6) is 0.393. The smallest absolute Gasteiger partial charge is 0.387 e. The van der Waals surface area contributed by atoms with Crippen LogP contribution in [0.1, 0.15) is 19.4 Å². The minimum absolute atomic E-state index is 0.0503. The third kappa shape index (κ3) is 4.79. The van der Waals surface area contributed by atoms with Crippen LogP contribution in [0.5, 0.6) is 11.5 Å². The highest BCUT2D eigenvalue weighted by atomic mass is 79.9. The summed E-state index contributed by atoms with van der Waals surface area (Å²) in [5, 5.41) is 3.39. The third-order valence-electron chi connectivity index (χ3n) is 3.44. The molecule has 22 heavy (non-hydrogen) atoms. The lowest BCUT2D eigenvalue weighted by Crippen LogP contribution is -2.48. The molecular formula is C15H21BrF2N2O2. The molecule has 0 bridgehead atoms. The van der Waals surface area contributed by atoms with Crippen LogP contribution in [0.3, 0.4) is 0 Å². The Morgan fingerprint density at radius 2 is 2.23 bits per heavy atom. The second kappa shape index (κ2) is 8.08. The van der Waals surface area contributed by atoms with E-state index in [-0.39, 0.29) is 5.75 Å². The zero-order chi connectivity index (χ0) is 16.1. The number of hydrogen-bond donors (Lipinski definition) is 1. The summed E-state index contributed by atoms with van der Waals surface area (Å²) in [7, 11) is 0. The SMILES string of the molecule is CCOc1cc(CN2CCN[C@H](C)C2)cc(Br)c1OC(F)F. The van der Waals surface area contributed by atoms with Crippen molar-refractivity contribution in [3.05, 3.63) is 22.2 Å². The quantitative estimate of drug-likeness (QED) is 0.823. The summed E-state index contributed by atoms with van der Waals surface area (Å²) < 4.78 is 35.5. The molecule has 0 aromatic heterocycles. The number of benzene rings is 1. The Kier molecular flexibility index (Phi) is 6.40. The Labute approximate surface area is 137 Å². The largest absolute Gasteiger partial charge is 0.490 e. The van der Waals surface area contributed by atoms with E-state index in [1.165, 1.54) is 0 Å². The van der Waals surface area contributed by atoms with Crippen LogP contribution in [-0.2, 0) is 6.54 Å². The second-order valence-electron chi connectivity index (χ2n) is 5.31. The van der Waals surface area contributed by atoms with E-state index < -0.39 is 6.61 Å². The monoisotopic (exact) mass is 378 g/mol. The summed E-state index contributed by atoms with van der Waals surface area (Å²) in [6.07, 6.45) is 0. The molecule has 7 heteroatoms. The molecule has 1 saturated heterocycles. The highest BCUT2D eigenvalue weighted by Gasteiger charge is 2.19. The van der Waals surface area contributed by atoms with Gasteiger partial charge in [-0.2, -0.15) is 8.78 Å². The van der Waals surface area contributed by atoms with Crippen molar-refractivity contribution in [3.8, 4) is 11.5 Å². The molecule has 0 radical (unpaired) electrons. The van der Waals surface area contributed by atoms with Gasteiger partial charge in [0, 0.05) is 32.2 Å². The molecule has 0 amide bonds. The number of nitrogens with zero attached hydrogens (tertiary/aromatic N) is 1. The first-order valence-electron chi connectivity index (χ1n) is 7.35. The first kappa shape index (κ1) is 17.4. The molecule has 1 fully saturated rings. The Morgan fingerprint density at radius 3 is 2.86 bits per heavy atom. The molecule has 124 valence electrons. The summed E-state index contributed by atoms with van der Waals surface area (Å²) in [6, 6.07) is 4.04. The zero-order valence-corrected chi connectivity index (χ0v) is 14.3. The molecule has 1 atom stereocenters. The van der Waals surface area contributed by atoms with E-state index in [4.69, 9.17) is 4.74 Å². The fourth-order valence-electron chi connectivity index (χ4n) is 2.59. The van der Waals surface area contributed by atoms with E-state index in [0.717, 1.165) is 31.7 Å². The number of alkyl halides is 2. The van der Waals surface area contributed by atoms with Gasteiger partial charge in [0.05, 0.1) is 11.1 Å². The van der Waals surface area contributed by atoms with Crippen LogP contribution in [-0.4, -0.2) is 43.8 Å². The topological polar surface area (TPSA) is 33.7 Å². The maximum absolute atomic E-state index is 12.5. The van der Waals surface area contributed by atoms with Crippen molar-refractivity contribution in [2.24, 2.45) is 0 Å². The number of nitrogens with one attached hydrogen (secondary N) is 1. The summed E-state index contributed by atoms with van der Waals surface area (Å²) in [6.45, 7) is 5.08. The number of ether oxygens (including phenoxy) is 2. The minimum Gasteiger partial charge on any atom is -0.490 e. The van der Waals surface area contributed by atoms with Crippen LogP contribution in [0.2, 0.25) is 0 Å². The van der Waals surface area contributed by atoms with Crippen molar-refractivity contribution >= 4 is 15.9 Å². The molecule has 1 aromatic carbocycles. The molecule has 1 aromatic rings. The van der Waals surface area contributed by atoms with Gasteiger partial charge < -0.3 is 14.8 Å². The van der Waals surface area contributed by atoms with E-state index in [2.05, 4.69) is 37.8 Å². The molecule has 1 N–H and O–H groups in total. The molecule has 0 unspecified atom stereocenters. The predicted molar refractivity (Wildman–Crippen MR) is 84.7 cm³/mol. The summed E-state index contributed by atoms with van der Waals surface area (Å²) >= 11 is 3.30. The number of piperazine rings is 1. The van der Waals surface area contributed by atoms with Crippen molar-refractivity contribution in [1.82, 2.24) is 10.2 Å². The minimum atomic E-state index is -2.88. The predicted octanol–water partition coefficient (Wildman–Crippen LogP) is 3.24. The molecule has 1 heterocycles. The Morgan fingerprint density at radius 1 is 1.45 bits per heavy atom. The van der Waals surface area contributed by atoms with Gasteiger partial charge in [0.1, 0.15) is 0 Å². The first-order valence-corrected chi connectivity index (χ1v) is 8.14. The standard InChI is InChI=1S/C15H21BrF2N2O2/c1-3-21-13-7-11(6-12(16)14(13)22-15(17)18)9-20-5-4-19-10(2)8-20/h6-7,10,15,19H,3-5,8-9H2,1-2H3/t10-/m1/s1. The average molecular weight is 379 g/mol. The maximum atomic E-state index is 12.5. The molecule has 1 aliphatic rings.